The van der Waals surface area contributed by atoms with E-state index in [4.69, 9.17) is 16.3 Å². The number of carbonyl (C=O) groups is 1. The molecule has 0 unspecified atom stereocenters. The molecule has 0 saturated carbocycles. The van der Waals surface area contributed by atoms with Gasteiger partial charge in [0, 0.05) is 24.2 Å². The Hall–Kier alpha value is -2.07. The van der Waals surface area contributed by atoms with Crippen molar-refractivity contribution in [2.24, 2.45) is 0 Å². The lowest BCUT2D eigenvalue weighted by atomic mass is 10.1. The molecule has 1 amide bonds. The predicted molar refractivity (Wildman–Crippen MR) is 84.6 cm³/mol. The third kappa shape index (κ3) is 3.98. The highest BCUT2D eigenvalue weighted by Gasteiger charge is 2.14. The van der Waals surface area contributed by atoms with Crippen LogP contribution in [0.25, 0.3) is 0 Å². The van der Waals surface area contributed by atoms with E-state index in [1.54, 1.807) is 50.6 Å². The number of methoxy groups -OCH3 is 1. The second-order valence-electron chi connectivity index (χ2n) is 4.97. The third-order valence-corrected chi connectivity index (χ3v) is 3.61. The molecule has 3 nitrogen and oxygen atoms in total. The van der Waals surface area contributed by atoms with E-state index < -0.39 is 0 Å². The van der Waals surface area contributed by atoms with Crippen molar-refractivity contribution in [1.29, 1.82) is 0 Å². The van der Waals surface area contributed by atoms with Gasteiger partial charge in [-0.05, 0) is 29.8 Å². The van der Waals surface area contributed by atoms with Crippen LogP contribution in [-0.4, -0.2) is 25.0 Å². The molecule has 0 N–H and O–H groups in total. The summed E-state index contributed by atoms with van der Waals surface area (Å²) in [7, 11) is 3.23. The van der Waals surface area contributed by atoms with Crippen molar-refractivity contribution in [3.8, 4) is 5.75 Å². The number of amides is 1. The summed E-state index contributed by atoms with van der Waals surface area (Å²) in [6, 6.07) is 11.5. The maximum absolute atomic E-state index is 13.6. The highest BCUT2D eigenvalue weighted by atomic mass is 35.5. The highest BCUT2D eigenvalue weighted by Crippen LogP contribution is 2.24. The molecule has 0 atom stereocenters. The molecule has 0 bridgehead atoms. The van der Waals surface area contributed by atoms with E-state index in [1.165, 1.54) is 11.0 Å². The van der Waals surface area contributed by atoms with E-state index >= 15 is 0 Å². The summed E-state index contributed by atoms with van der Waals surface area (Å²) in [5, 5.41) is 0.575. The van der Waals surface area contributed by atoms with Gasteiger partial charge in [0.1, 0.15) is 11.6 Å². The van der Waals surface area contributed by atoms with Crippen molar-refractivity contribution in [3.63, 3.8) is 0 Å². The lowest BCUT2D eigenvalue weighted by molar-refractivity contribution is -0.129. The van der Waals surface area contributed by atoms with Crippen LogP contribution in [0.4, 0.5) is 4.39 Å². The van der Waals surface area contributed by atoms with Gasteiger partial charge in [-0.3, -0.25) is 4.79 Å². The van der Waals surface area contributed by atoms with Crippen molar-refractivity contribution in [2.45, 2.75) is 13.0 Å². The Morgan fingerprint density at radius 2 is 1.95 bits per heavy atom. The molecule has 0 fully saturated rings. The zero-order chi connectivity index (χ0) is 16.1. The number of likely N-dealkylation sites (N-methyl/N-ethyl adjacent to an activating group) is 1. The number of rotatable bonds is 5. The minimum absolute atomic E-state index is 0.0199. The molecule has 5 heteroatoms. The summed E-state index contributed by atoms with van der Waals surface area (Å²) in [4.78, 5) is 13.8. The number of ether oxygens (including phenoxy) is 1. The van der Waals surface area contributed by atoms with Crippen LogP contribution in [0.15, 0.2) is 42.5 Å². The van der Waals surface area contributed by atoms with Crippen LogP contribution < -0.4 is 4.74 Å². The first-order chi connectivity index (χ1) is 10.5. The number of halogens is 2. The molecule has 0 saturated heterocycles. The van der Waals surface area contributed by atoms with Crippen LogP contribution in [0.2, 0.25) is 5.02 Å². The van der Waals surface area contributed by atoms with Crippen LogP contribution in [0.1, 0.15) is 11.1 Å². The van der Waals surface area contributed by atoms with Gasteiger partial charge in [-0.2, -0.15) is 0 Å². The third-order valence-electron chi connectivity index (χ3n) is 3.38. The highest BCUT2D eigenvalue weighted by molar-refractivity contribution is 6.30. The Morgan fingerprint density at radius 1 is 1.23 bits per heavy atom. The van der Waals surface area contributed by atoms with Gasteiger partial charge in [0.2, 0.25) is 5.91 Å². The number of nitrogens with zero attached hydrogens (tertiary/aromatic N) is 1. The molecule has 22 heavy (non-hydrogen) atoms. The Kier molecular flexibility index (Phi) is 5.39. The molecule has 0 radical (unpaired) electrons. The Labute approximate surface area is 134 Å². The molecule has 0 spiro atoms. The van der Waals surface area contributed by atoms with Gasteiger partial charge in [-0.15, -0.1) is 0 Å². The molecule has 116 valence electrons. The molecule has 0 aliphatic carbocycles. The first kappa shape index (κ1) is 16.3. The Balaban J connectivity index is 2.09. The topological polar surface area (TPSA) is 29.5 Å². The van der Waals surface area contributed by atoms with Crippen LogP contribution >= 0.6 is 11.6 Å². The van der Waals surface area contributed by atoms with Gasteiger partial charge in [-0.25, -0.2) is 4.39 Å². The normalized spacial score (nSPS) is 10.4. The van der Waals surface area contributed by atoms with Crippen molar-refractivity contribution >= 4 is 17.5 Å². The lowest BCUT2D eigenvalue weighted by Crippen LogP contribution is -2.28. The first-order valence-corrected chi connectivity index (χ1v) is 7.19. The Bertz CT molecular complexity index is 675. The zero-order valence-corrected chi connectivity index (χ0v) is 13.2. The van der Waals surface area contributed by atoms with E-state index in [1.807, 2.05) is 0 Å². The minimum atomic E-state index is -0.371. The molecule has 0 heterocycles. The predicted octanol–water partition coefficient (Wildman–Crippen LogP) is 3.69. The zero-order valence-electron chi connectivity index (χ0n) is 12.5. The maximum Gasteiger partial charge on any atom is 0.227 e. The fourth-order valence-electron chi connectivity index (χ4n) is 2.15. The molecule has 0 aromatic heterocycles. The summed E-state index contributed by atoms with van der Waals surface area (Å²) in [5.41, 5.74) is 1.19. The summed E-state index contributed by atoms with van der Waals surface area (Å²) in [6.45, 7) is 0.344. The average Bonchev–Trinajstić information content (AvgIpc) is 2.49. The van der Waals surface area contributed by atoms with Gasteiger partial charge in [0.05, 0.1) is 13.5 Å². The van der Waals surface area contributed by atoms with Crippen molar-refractivity contribution < 1.29 is 13.9 Å². The van der Waals surface area contributed by atoms with Crippen molar-refractivity contribution in [3.05, 3.63) is 64.4 Å². The summed E-state index contributed by atoms with van der Waals surface area (Å²) in [6.07, 6.45) is 0.0199. The first-order valence-electron chi connectivity index (χ1n) is 6.81. The monoisotopic (exact) mass is 321 g/mol. The molecular formula is C17H17ClFNO2. The Morgan fingerprint density at radius 3 is 2.64 bits per heavy atom. The van der Waals surface area contributed by atoms with E-state index in [2.05, 4.69) is 0 Å². The van der Waals surface area contributed by atoms with Gasteiger partial charge in [0.25, 0.3) is 0 Å². The maximum atomic E-state index is 13.6. The van der Waals surface area contributed by atoms with Gasteiger partial charge in [-0.1, -0.05) is 29.8 Å². The smallest absolute Gasteiger partial charge is 0.227 e. The number of benzene rings is 2. The SMILES string of the molecule is COc1ccc(Cl)cc1CN(C)C(=O)Cc1ccccc1F. The number of hydrogen-bond donors (Lipinski definition) is 0. The molecule has 2 aromatic rings. The fourth-order valence-corrected chi connectivity index (χ4v) is 2.35. The van der Waals surface area contributed by atoms with E-state index in [0.717, 1.165) is 5.56 Å². The summed E-state index contributed by atoms with van der Waals surface area (Å²) < 4.78 is 18.9. The second-order valence-corrected chi connectivity index (χ2v) is 5.41. The van der Waals surface area contributed by atoms with Crippen LogP contribution in [0.5, 0.6) is 5.75 Å². The molecule has 0 aliphatic heterocycles. The van der Waals surface area contributed by atoms with E-state index in [0.29, 0.717) is 22.9 Å². The van der Waals surface area contributed by atoms with Crippen molar-refractivity contribution in [1.82, 2.24) is 4.90 Å². The lowest BCUT2D eigenvalue weighted by Gasteiger charge is -2.19. The molecular weight excluding hydrogens is 305 g/mol. The van der Waals surface area contributed by atoms with Crippen molar-refractivity contribution in [2.75, 3.05) is 14.2 Å². The van der Waals surface area contributed by atoms with E-state index in [-0.39, 0.29) is 18.1 Å². The number of hydrogen-bond acceptors (Lipinski definition) is 2. The van der Waals surface area contributed by atoms with Gasteiger partial charge >= 0.3 is 0 Å². The minimum Gasteiger partial charge on any atom is -0.496 e. The molecule has 0 aliphatic rings. The standard InChI is InChI=1S/C17H17ClFNO2/c1-20(11-13-9-14(18)7-8-16(13)22-2)17(21)10-12-5-3-4-6-15(12)19/h3-9H,10-11H2,1-2H3. The largest absolute Gasteiger partial charge is 0.496 e. The molecule has 2 aromatic carbocycles. The van der Waals surface area contributed by atoms with Gasteiger partial charge < -0.3 is 9.64 Å². The summed E-state index contributed by atoms with van der Waals surface area (Å²) in [5.74, 6) is 0.117. The van der Waals surface area contributed by atoms with E-state index in [9.17, 15) is 9.18 Å². The van der Waals surface area contributed by atoms with Gasteiger partial charge in [0.15, 0.2) is 0 Å². The quantitative estimate of drug-likeness (QED) is 0.840. The van der Waals surface area contributed by atoms with Crippen LogP contribution in [-0.2, 0) is 17.8 Å². The second kappa shape index (κ2) is 7.27. The average molecular weight is 322 g/mol. The molecule has 2 rings (SSSR count). The number of carbonyl (C=O) groups excluding carboxylic acids is 1. The fraction of sp³-hybridized carbons (Fsp3) is 0.235. The van der Waals surface area contributed by atoms with Crippen LogP contribution in [0.3, 0.4) is 0 Å². The van der Waals surface area contributed by atoms with Crippen LogP contribution in [0, 0.1) is 5.82 Å². The summed E-state index contributed by atoms with van der Waals surface area (Å²) >= 11 is 5.98.